The van der Waals surface area contributed by atoms with Crippen LogP contribution in [0.15, 0.2) is 40.8 Å². The number of alkyl carbamates (subject to hydrolysis) is 1. The van der Waals surface area contributed by atoms with Crippen molar-refractivity contribution in [1.29, 1.82) is 0 Å². The van der Waals surface area contributed by atoms with Crippen molar-refractivity contribution in [3.8, 4) is 11.3 Å². The molecule has 0 fully saturated rings. The van der Waals surface area contributed by atoms with Gasteiger partial charge in [-0.15, -0.1) is 0 Å². The Morgan fingerprint density at radius 1 is 1.14 bits per heavy atom. The van der Waals surface area contributed by atoms with Crippen molar-refractivity contribution in [2.24, 2.45) is 0 Å². The fourth-order valence-corrected chi connectivity index (χ4v) is 2.70. The molecule has 8 nitrogen and oxygen atoms in total. The number of benzene rings is 1. The summed E-state index contributed by atoms with van der Waals surface area (Å²) in [5.41, 5.74) is 0.887. The molecule has 0 spiro atoms. The lowest BCUT2D eigenvalue weighted by Gasteiger charge is -2.21. The second kappa shape index (κ2) is 9.58. The Morgan fingerprint density at radius 2 is 1.83 bits per heavy atom. The van der Waals surface area contributed by atoms with Crippen LogP contribution in [0.1, 0.15) is 38.4 Å². The molecule has 2 aromatic rings. The Morgan fingerprint density at radius 3 is 2.41 bits per heavy atom. The van der Waals surface area contributed by atoms with Gasteiger partial charge >= 0.3 is 12.1 Å². The topological polar surface area (TPSA) is 107 Å². The van der Waals surface area contributed by atoms with Gasteiger partial charge in [-0.25, -0.2) is 9.59 Å². The number of carbonyl (C=O) groups is 2. The molecule has 2 rings (SSSR count). The minimum Gasteiger partial charge on any atom is -0.480 e. The number of carboxylic acid groups (broad SMARTS) is 1. The molecule has 0 bridgehead atoms. The average Bonchev–Trinajstić information content (AvgIpc) is 3.09. The van der Waals surface area contributed by atoms with Gasteiger partial charge in [-0.3, -0.25) is 0 Å². The number of furan rings is 1. The first kappa shape index (κ1) is 22.4. The summed E-state index contributed by atoms with van der Waals surface area (Å²) in [6.45, 7) is 5.10. The lowest BCUT2D eigenvalue weighted by molar-refractivity contribution is -0.139. The Hall–Kier alpha value is -2.84. The maximum absolute atomic E-state index is 11.9. The number of hydrogen-bond donors (Lipinski definition) is 2. The number of amides is 1. The van der Waals surface area contributed by atoms with E-state index in [1.807, 2.05) is 24.3 Å². The van der Waals surface area contributed by atoms with E-state index in [-0.39, 0.29) is 6.42 Å². The Balaban J connectivity index is 2.13. The molecular weight excluding hydrogens is 378 g/mol. The summed E-state index contributed by atoms with van der Waals surface area (Å²) >= 11 is 0. The molecule has 1 aromatic heterocycles. The number of nitrogens with one attached hydrogen (secondary N) is 1. The van der Waals surface area contributed by atoms with Crippen LogP contribution in [0.25, 0.3) is 11.3 Å². The zero-order valence-electron chi connectivity index (χ0n) is 17.2. The first-order chi connectivity index (χ1) is 13.6. The average molecular weight is 405 g/mol. The van der Waals surface area contributed by atoms with Gasteiger partial charge in [0.1, 0.15) is 23.2 Å². The Labute approximate surface area is 169 Å². The SMILES string of the molecule is COC(OC)c1cccc(-c2ccc(CC(NC(=O)OC(C)(C)C)C(=O)O)o2)c1. The number of carbonyl (C=O) groups excluding carboxylic acids is 1. The van der Waals surface area contributed by atoms with E-state index in [1.54, 1.807) is 47.1 Å². The third kappa shape index (κ3) is 6.62. The molecule has 0 saturated carbocycles. The van der Waals surface area contributed by atoms with Crippen LogP contribution in [0.2, 0.25) is 0 Å². The van der Waals surface area contributed by atoms with E-state index < -0.39 is 30.0 Å². The monoisotopic (exact) mass is 405 g/mol. The summed E-state index contributed by atoms with van der Waals surface area (Å²) in [4.78, 5) is 23.4. The normalized spacial score (nSPS) is 12.6. The highest BCUT2D eigenvalue weighted by Gasteiger charge is 2.25. The first-order valence-corrected chi connectivity index (χ1v) is 9.10. The highest BCUT2D eigenvalue weighted by molar-refractivity contribution is 5.80. The van der Waals surface area contributed by atoms with Crippen LogP contribution in [0.3, 0.4) is 0 Å². The molecule has 158 valence electrons. The van der Waals surface area contributed by atoms with E-state index in [0.717, 1.165) is 11.1 Å². The van der Waals surface area contributed by atoms with E-state index in [2.05, 4.69) is 5.32 Å². The number of carboxylic acids is 1. The van der Waals surface area contributed by atoms with E-state index in [1.165, 1.54) is 0 Å². The van der Waals surface area contributed by atoms with E-state index in [0.29, 0.717) is 11.5 Å². The molecule has 8 heteroatoms. The molecule has 0 aliphatic heterocycles. The van der Waals surface area contributed by atoms with Crippen LogP contribution in [0.4, 0.5) is 4.79 Å². The maximum Gasteiger partial charge on any atom is 0.408 e. The lowest BCUT2D eigenvalue weighted by atomic mass is 10.1. The molecule has 1 amide bonds. The number of ether oxygens (including phenoxy) is 3. The van der Waals surface area contributed by atoms with Gasteiger partial charge in [0.15, 0.2) is 6.29 Å². The van der Waals surface area contributed by atoms with Crippen LogP contribution in [0.5, 0.6) is 0 Å². The highest BCUT2D eigenvalue weighted by atomic mass is 16.7. The zero-order chi connectivity index (χ0) is 21.6. The van der Waals surface area contributed by atoms with Crippen LogP contribution < -0.4 is 5.32 Å². The second-order valence-corrected chi connectivity index (χ2v) is 7.44. The van der Waals surface area contributed by atoms with Crippen LogP contribution in [-0.2, 0) is 25.4 Å². The molecule has 2 N–H and O–H groups in total. The Bertz CT molecular complexity index is 834. The van der Waals surface area contributed by atoms with Crippen molar-refractivity contribution in [3.63, 3.8) is 0 Å². The largest absolute Gasteiger partial charge is 0.480 e. The quantitative estimate of drug-likeness (QED) is 0.644. The molecule has 0 radical (unpaired) electrons. The lowest BCUT2D eigenvalue weighted by Crippen LogP contribution is -2.44. The first-order valence-electron chi connectivity index (χ1n) is 9.10. The summed E-state index contributed by atoms with van der Waals surface area (Å²) in [6, 6.07) is 9.70. The van der Waals surface area contributed by atoms with Gasteiger partial charge in [0, 0.05) is 31.8 Å². The Kier molecular flexibility index (Phi) is 7.41. The summed E-state index contributed by atoms with van der Waals surface area (Å²) in [5.74, 6) is -0.197. The van der Waals surface area contributed by atoms with Gasteiger partial charge in [0.2, 0.25) is 0 Å². The molecule has 1 aromatic carbocycles. The van der Waals surface area contributed by atoms with Crippen molar-refractivity contribution in [1.82, 2.24) is 5.32 Å². The van der Waals surface area contributed by atoms with Crippen molar-refractivity contribution in [3.05, 3.63) is 47.7 Å². The standard InChI is InChI=1S/C21H27NO7/c1-21(2,3)29-20(25)22-16(18(23)24)12-15-9-10-17(28-15)13-7-6-8-14(11-13)19(26-4)27-5/h6-11,16,19H,12H2,1-5H3,(H,22,25)(H,23,24). The van der Waals surface area contributed by atoms with Crippen LogP contribution in [0, 0.1) is 0 Å². The summed E-state index contributed by atoms with van der Waals surface area (Å²) < 4.78 is 21.4. The summed E-state index contributed by atoms with van der Waals surface area (Å²) in [5, 5.41) is 11.8. The minimum atomic E-state index is -1.18. The van der Waals surface area contributed by atoms with E-state index >= 15 is 0 Å². The van der Waals surface area contributed by atoms with Gasteiger partial charge in [0.05, 0.1) is 0 Å². The van der Waals surface area contributed by atoms with Crippen LogP contribution in [-0.4, -0.2) is 43.0 Å². The number of aliphatic carboxylic acids is 1. The summed E-state index contributed by atoms with van der Waals surface area (Å²) in [6.07, 6.45) is -1.32. The van der Waals surface area contributed by atoms with Crippen molar-refractivity contribution < 1.29 is 33.3 Å². The molecule has 0 aliphatic carbocycles. The highest BCUT2D eigenvalue weighted by Crippen LogP contribution is 2.27. The molecule has 1 heterocycles. The number of rotatable bonds is 8. The molecule has 29 heavy (non-hydrogen) atoms. The number of hydrogen-bond acceptors (Lipinski definition) is 6. The summed E-state index contributed by atoms with van der Waals surface area (Å²) in [7, 11) is 3.10. The third-order valence-corrected chi connectivity index (χ3v) is 3.93. The fraction of sp³-hybridized carbons (Fsp3) is 0.429. The van der Waals surface area contributed by atoms with Gasteiger partial charge < -0.3 is 29.1 Å². The van der Waals surface area contributed by atoms with Gasteiger partial charge in [-0.2, -0.15) is 0 Å². The molecular formula is C21H27NO7. The van der Waals surface area contributed by atoms with E-state index in [4.69, 9.17) is 18.6 Å². The molecule has 1 atom stereocenters. The van der Waals surface area contributed by atoms with Crippen molar-refractivity contribution >= 4 is 12.1 Å². The predicted octanol–water partition coefficient (Wildman–Crippen LogP) is 3.76. The molecule has 0 aliphatic rings. The second-order valence-electron chi connectivity index (χ2n) is 7.44. The molecule has 1 unspecified atom stereocenters. The van der Waals surface area contributed by atoms with Crippen molar-refractivity contribution in [2.75, 3.05) is 14.2 Å². The van der Waals surface area contributed by atoms with Crippen molar-refractivity contribution in [2.45, 2.75) is 45.1 Å². The fourth-order valence-electron chi connectivity index (χ4n) is 2.70. The van der Waals surface area contributed by atoms with E-state index in [9.17, 15) is 14.7 Å². The van der Waals surface area contributed by atoms with Crippen LogP contribution >= 0.6 is 0 Å². The minimum absolute atomic E-state index is 0.0208. The predicted molar refractivity (Wildman–Crippen MR) is 105 cm³/mol. The van der Waals surface area contributed by atoms with Gasteiger partial charge in [0.25, 0.3) is 0 Å². The van der Waals surface area contributed by atoms with Gasteiger partial charge in [-0.05, 0) is 39.0 Å². The zero-order valence-corrected chi connectivity index (χ0v) is 17.2. The number of methoxy groups -OCH3 is 2. The van der Waals surface area contributed by atoms with Gasteiger partial charge in [-0.1, -0.05) is 18.2 Å². The molecule has 0 saturated heterocycles. The smallest absolute Gasteiger partial charge is 0.408 e. The third-order valence-electron chi connectivity index (χ3n) is 3.93. The maximum atomic E-state index is 11.9.